The first-order valence-electron chi connectivity index (χ1n) is 7.57. The summed E-state index contributed by atoms with van der Waals surface area (Å²) >= 11 is 3.36. The van der Waals surface area contributed by atoms with Crippen LogP contribution in [-0.4, -0.2) is 39.2 Å². The number of nitrogens with one attached hydrogen (secondary N) is 1. The molecule has 1 N–H and O–H groups in total. The molecule has 8 nitrogen and oxygen atoms in total. The largest absolute Gasteiger partial charge is 0.465 e. The summed E-state index contributed by atoms with van der Waals surface area (Å²) in [6.45, 7) is -0.105. The Labute approximate surface area is 157 Å². The maximum absolute atomic E-state index is 12.2. The normalized spacial score (nSPS) is 10.4. The molecule has 0 spiro atoms. The van der Waals surface area contributed by atoms with Gasteiger partial charge in [-0.15, -0.1) is 10.2 Å². The van der Waals surface area contributed by atoms with Crippen LogP contribution in [0, 0.1) is 0 Å². The van der Waals surface area contributed by atoms with Crippen molar-refractivity contribution in [3.63, 3.8) is 0 Å². The first kappa shape index (κ1) is 17.7. The van der Waals surface area contributed by atoms with E-state index in [0.717, 1.165) is 10.0 Å². The van der Waals surface area contributed by atoms with Gasteiger partial charge in [-0.05, 0) is 47.7 Å². The number of nitrogens with zero attached hydrogens (tertiary/aromatic N) is 4. The molecule has 0 saturated heterocycles. The number of aromatic nitrogens is 4. The fourth-order valence-electron chi connectivity index (χ4n) is 2.20. The number of hydrogen-bond acceptors (Lipinski definition) is 6. The molecule has 0 aliphatic rings. The number of methoxy groups -OCH3 is 1. The van der Waals surface area contributed by atoms with Crippen LogP contribution in [0.2, 0.25) is 0 Å². The third-order valence-electron chi connectivity index (χ3n) is 3.41. The van der Waals surface area contributed by atoms with E-state index in [2.05, 4.69) is 41.4 Å². The Bertz CT molecular complexity index is 940. The number of tetrazole rings is 1. The highest BCUT2D eigenvalue weighted by Gasteiger charge is 2.11. The van der Waals surface area contributed by atoms with E-state index in [1.807, 2.05) is 24.3 Å². The molecule has 0 aliphatic heterocycles. The molecule has 9 heteroatoms. The van der Waals surface area contributed by atoms with Crippen molar-refractivity contribution in [3.05, 3.63) is 58.6 Å². The van der Waals surface area contributed by atoms with Crippen LogP contribution in [0.15, 0.2) is 53.0 Å². The van der Waals surface area contributed by atoms with Gasteiger partial charge in [-0.3, -0.25) is 4.79 Å². The third kappa shape index (κ3) is 4.31. The number of esters is 1. The number of hydrogen-bond donors (Lipinski definition) is 1. The topological polar surface area (TPSA) is 99.0 Å². The molecule has 3 rings (SSSR count). The van der Waals surface area contributed by atoms with Crippen LogP contribution in [-0.2, 0) is 16.1 Å². The fourth-order valence-corrected chi connectivity index (χ4v) is 2.46. The highest BCUT2D eigenvalue weighted by Crippen LogP contribution is 2.17. The molecule has 0 atom stereocenters. The molecule has 0 radical (unpaired) electrons. The van der Waals surface area contributed by atoms with Crippen LogP contribution >= 0.6 is 15.9 Å². The standard InChI is InChI=1S/C17H14BrN5O3/c1-26-17(25)12-3-2-4-14(9-12)19-15(24)10-23-21-16(20-22-23)11-5-7-13(18)8-6-11/h2-9H,10H2,1H3,(H,19,24). The van der Waals surface area contributed by atoms with E-state index >= 15 is 0 Å². The Morgan fingerprint density at radius 1 is 1.19 bits per heavy atom. The molecule has 0 unspecified atom stereocenters. The first-order chi connectivity index (χ1) is 12.5. The third-order valence-corrected chi connectivity index (χ3v) is 3.94. The Morgan fingerprint density at radius 3 is 2.69 bits per heavy atom. The van der Waals surface area contributed by atoms with Crippen LogP contribution in [0.25, 0.3) is 11.4 Å². The molecule has 1 heterocycles. The van der Waals surface area contributed by atoms with Gasteiger partial charge in [-0.2, -0.15) is 4.80 Å². The van der Waals surface area contributed by atoms with E-state index in [9.17, 15) is 9.59 Å². The minimum atomic E-state index is -0.474. The lowest BCUT2D eigenvalue weighted by atomic mass is 10.2. The van der Waals surface area contributed by atoms with Gasteiger partial charge in [0.15, 0.2) is 0 Å². The number of benzene rings is 2. The van der Waals surface area contributed by atoms with Crippen LogP contribution in [0.1, 0.15) is 10.4 Å². The summed E-state index contributed by atoms with van der Waals surface area (Å²) in [6, 6.07) is 13.9. The second-order valence-electron chi connectivity index (χ2n) is 5.27. The minimum Gasteiger partial charge on any atom is -0.465 e. The lowest BCUT2D eigenvalue weighted by Gasteiger charge is -2.06. The Morgan fingerprint density at radius 2 is 1.96 bits per heavy atom. The summed E-state index contributed by atoms with van der Waals surface area (Å²) in [5.74, 6) is -0.386. The molecule has 0 aliphatic carbocycles. The first-order valence-corrected chi connectivity index (χ1v) is 8.36. The molecular weight excluding hydrogens is 402 g/mol. The van der Waals surface area contributed by atoms with Crippen molar-refractivity contribution in [2.24, 2.45) is 0 Å². The highest BCUT2D eigenvalue weighted by molar-refractivity contribution is 9.10. The Balaban J connectivity index is 1.65. The summed E-state index contributed by atoms with van der Waals surface area (Å²) in [5, 5.41) is 14.7. The molecule has 3 aromatic rings. The van der Waals surface area contributed by atoms with E-state index in [4.69, 9.17) is 0 Å². The average molecular weight is 416 g/mol. The SMILES string of the molecule is COC(=O)c1cccc(NC(=O)Cn2nnc(-c3ccc(Br)cc3)n2)c1. The summed E-state index contributed by atoms with van der Waals surface area (Å²) in [7, 11) is 1.30. The molecular formula is C17H14BrN5O3. The van der Waals surface area contributed by atoms with Gasteiger partial charge in [-0.25, -0.2) is 4.79 Å². The zero-order valence-corrected chi connectivity index (χ0v) is 15.3. The molecule has 0 saturated carbocycles. The predicted molar refractivity (Wildman–Crippen MR) is 97.4 cm³/mol. The van der Waals surface area contributed by atoms with E-state index < -0.39 is 5.97 Å². The lowest BCUT2D eigenvalue weighted by Crippen LogP contribution is -2.20. The number of carbonyl (C=O) groups excluding carboxylic acids is 2. The van der Waals surface area contributed by atoms with Gasteiger partial charge in [0, 0.05) is 15.7 Å². The monoisotopic (exact) mass is 415 g/mol. The van der Waals surface area contributed by atoms with E-state index in [1.165, 1.54) is 18.0 Å². The molecule has 0 bridgehead atoms. The van der Waals surface area contributed by atoms with Gasteiger partial charge in [-0.1, -0.05) is 22.0 Å². The molecule has 1 aromatic heterocycles. The van der Waals surface area contributed by atoms with Crippen molar-refractivity contribution >= 4 is 33.5 Å². The number of ether oxygens (including phenoxy) is 1. The second kappa shape index (κ2) is 7.87. The number of rotatable bonds is 5. The zero-order valence-electron chi connectivity index (χ0n) is 13.7. The summed E-state index contributed by atoms with van der Waals surface area (Å²) in [4.78, 5) is 24.9. The summed E-state index contributed by atoms with van der Waals surface area (Å²) in [5.41, 5.74) is 1.62. The van der Waals surface area contributed by atoms with Crippen molar-refractivity contribution in [1.29, 1.82) is 0 Å². The van der Waals surface area contributed by atoms with Crippen molar-refractivity contribution in [2.75, 3.05) is 12.4 Å². The number of halogens is 1. The smallest absolute Gasteiger partial charge is 0.337 e. The Hall–Kier alpha value is -3.07. The maximum Gasteiger partial charge on any atom is 0.337 e. The lowest BCUT2D eigenvalue weighted by molar-refractivity contribution is -0.117. The van der Waals surface area contributed by atoms with Crippen molar-refractivity contribution in [1.82, 2.24) is 20.2 Å². The second-order valence-corrected chi connectivity index (χ2v) is 6.19. The quantitative estimate of drug-likeness (QED) is 0.642. The van der Waals surface area contributed by atoms with E-state index in [0.29, 0.717) is 17.1 Å². The van der Waals surface area contributed by atoms with Crippen molar-refractivity contribution in [3.8, 4) is 11.4 Å². The van der Waals surface area contributed by atoms with Gasteiger partial charge >= 0.3 is 5.97 Å². The Kier molecular flexibility index (Phi) is 5.37. The van der Waals surface area contributed by atoms with Crippen molar-refractivity contribution in [2.45, 2.75) is 6.54 Å². The summed E-state index contributed by atoms with van der Waals surface area (Å²) in [6.07, 6.45) is 0. The average Bonchev–Trinajstić information content (AvgIpc) is 3.10. The minimum absolute atomic E-state index is 0.105. The molecule has 1 amide bonds. The fraction of sp³-hybridized carbons (Fsp3) is 0.118. The molecule has 26 heavy (non-hydrogen) atoms. The molecule has 0 fully saturated rings. The zero-order chi connectivity index (χ0) is 18.5. The molecule has 2 aromatic carbocycles. The maximum atomic E-state index is 12.2. The van der Waals surface area contributed by atoms with Gasteiger partial charge in [0.25, 0.3) is 0 Å². The number of amides is 1. The van der Waals surface area contributed by atoms with Gasteiger partial charge in [0.05, 0.1) is 12.7 Å². The van der Waals surface area contributed by atoms with Crippen LogP contribution in [0.3, 0.4) is 0 Å². The van der Waals surface area contributed by atoms with Crippen LogP contribution in [0.4, 0.5) is 5.69 Å². The van der Waals surface area contributed by atoms with Gasteiger partial charge in [0.2, 0.25) is 11.7 Å². The van der Waals surface area contributed by atoms with Crippen molar-refractivity contribution < 1.29 is 14.3 Å². The van der Waals surface area contributed by atoms with Crippen LogP contribution < -0.4 is 5.32 Å². The predicted octanol–water partition coefficient (Wildman–Crippen LogP) is 2.53. The van der Waals surface area contributed by atoms with Crippen LogP contribution in [0.5, 0.6) is 0 Å². The molecule has 132 valence electrons. The number of anilines is 1. The van der Waals surface area contributed by atoms with E-state index in [1.54, 1.807) is 18.2 Å². The highest BCUT2D eigenvalue weighted by atomic mass is 79.9. The number of carbonyl (C=O) groups is 2. The van der Waals surface area contributed by atoms with Gasteiger partial charge in [0.1, 0.15) is 6.54 Å². The summed E-state index contributed by atoms with van der Waals surface area (Å²) < 4.78 is 5.60. The van der Waals surface area contributed by atoms with Gasteiger partial charge < -0.3 is 10.1 Å². The van der Waals surface area contributed by atoms with E-state index in [-0.39, 0.29) is 12.5 Å².